The summed E-state index contributed by atoms with van der Waals surface area (Å²) < 4.78 is 39.4. The van der Waals surface area contributed by atoms with Gasteiger partial charge in [0.1, 0.15) is 11.3 Å². The zero-order valence-corrected chi connectivity index (χ0v) is 20.6. The first-order valence-electron chi connectivity index (χ1n) is 11.4. The van der Waals surface area contributed by atoms with Crippen molar-refractivity contribution in [1.29, 1.82) is 0 Å². The van der Waals surface area contributed by atoms with Gasteiger partial charge in [-0.05, 0) is 62.1 Å². The number of hydrogen-bond donors (Lipinski definition) is 0. The SMILES string of the molecule is COc1cccc2sc(N(CC3CCCO3)C(=O)c3ccc(S(=O)(=O)N4CCCC4)cc3)nc12. The van der Waals surface area contributed by atoms with Crippen molar-refractivity contribution in [3.05, 3.63) is 48.0 Å². The first-order valence-corrected chi connectivity index (χ1v) is 13.7. The zero-order chi connectivity index (χ0) is 23.7. The van der Waals surface area contributed by atoms with Crippen LogP contribution in [0.3, 0.4) is 0 Å². The number of fused-ring (bicyclic) bond motifs is 1. The Morgan fingerprint density at radius 3 is 2.62 bits per heavy atom. The fraction of sp³-hybridized carbons (Fsp3) is 0.417. The van der Waals surface area contributed by atoms with Crippen LogP contribution in [0.1, 0.15) is 36.0 Å². The van der Waals surface area contributed by atoms with Crippen LogP contribution in [0.15, 0.2) is 47.4 Å². The Hall–Kier alpha value is -2.53. The molecule has 0 spiro atoms. The van der Waals surface area contributed by atoms with E-state index < -0.39 is 10.0 Å². The van der Waals surface area contributed by atoms with Crippen LogP contribution in [0, 0.1) is 0 Å². The third-order valence-corrected chi connectivity index (χ3v) is 9.24. The summed E-state index contributed by atoms with van der Waals surface area (Å²) in [7, 11) is -1.93. The molecule has 2 aliphatic rings. The highest BCUT2D eigenvalue weighted by Crippen LogP contribution is 2.35. The van der Waals surface area contributed by atoms with Crippen LogP contribution in [0.25, 0.3) is 10.2 Å². The summed E-state index contributed by atoms with van der Waals surface area (Å²) in [4.78, 5) is 20.2. The number of sulfonamides is 1. The predicted octanol–water partition coefficient (Wildman–Crippen LogP) is 3.92. The minimum absolute atomic E-state index is 0.0623. The Balaban J connectivity index is 1.46. The number of amides is 1. The minimum atomic E-state index is -3.53. The molecule has 3 aromatic rings. The van der Waals surface area contributed by atoms with E-state index in [1.165, 1.54) is 27.8 Å². The molecule has 1 unspecified atom stereocenters. The molecule has 2 aliphatic heterocycles. The zero-order valence-electron chi connectivity index (χ0n) is 19.0. The highest BCUT2D eigenvalue weighted by Gasteiger charge is 2.30. The lowest BCUT2D eigenvalue weighted by Gasteiger charge is -2.23. The molecule has 0 aliphatic carbocycles. The van der Waals surface area contributed by atoms with E-state index >= 15 is 0 Å². The number of para-hydroxylation sites is 1. The van der Waals surface area contributed by atoms with Gasteiger partial charge >= 0.3 is 0 Å². The molecule has 1 amide bonds. The topological polar surface area (TPSA) is 89.0 Å². The molecule has 5 rings (SSSR count). The Morgan fingerprint density at radius 1 is 1.18 bits per heavy atom. The number of rotatable bonds is 7. The number of thiazole rings is 1. The maximum atomic E-state index is 13.6. The van der Waals surface area contributed by atoms with Crippen LogP contribution in [0.5, 0.6) is 5.75 Å². The van der Waals surface area contributed by atoms with Crippen molar-refractivity contribution in [2.45, 2.75) is 36.7 Å². The molecule has 34 heavy (non-hydrogen) atoms. The molecule has 1 aromatic heterocycles. The second-order valence-corrected chi connectivity index (χ2v) is 11.4. The predicted molar refractivity (Wildman–Crippen MR) is 131 cm³/mol. The van der Waals surface area contributed by atoms with Gasteiger partial charge in [-0.1, -0.05) is 17.4 Å². The van der Waals surface area contributed by atoms with Gasteiger partial charge in [-0.25, -0.2) is 13.4 Å². The number of hydrogen-bond acceptors (Lipinski definition) is 7. The summed E-state index contributed by atoms with van der Waals surface area (Å²) in [6, 6.07) is 11.9. The van der Waals surface area contributed by atoms with E-state index in [0.717, 1.165) is 30.4 Å². The van der Waals surface area contributed by atoms with Gasteiger partial charge in [-0.15, -0.1) is 0 Å². The quantitative estimate of drug-likeness (QED) is 0.488. The van der Waals surface area contributed by atoms with Crippen molar-refractivity contribution in [2.24, 2.45) is 0 Å². The van der Waals surface area contributed by atoms with E-state index in [4.69, 9.17) is 14.5 Å². The van der Waals surface area contributed by atoms with E-state index in [0.29, 0.717) is 48.2 Å². The van der Waals surface area contributed by atoms with Crippen molar-refractivity contribution < 1.29 is 22.7 Å². The van der Waals surface area contributed by atoms with Gasteiger partial charge in [0.15, 0.2) is 5.13 Å². The number of aromatic nitrogens is 1. The Kier molecular flexibility index (Phi) is 6.57. The molecule has 10 heteroatoms. The van der Waals surface area contributed by atoms with E-state index in [2.05, 4.69) is 0 Å². The number of carbonyl (C=O) groups excluding carboxylic acids is 1. The number of nitrogens with zero attached hydrogens (tertiary/aromatic N) is 3. The van der Waals surface area contributed by atoms with Crippen molar-refractivity contribution in [2.75, 3.05) is 38.3 Å². The van der Waals surface area contributed by atoms with Gasteiger partial charge in [-0.3, -0.25) is 9.69 Å². The van der Waals surface area contributed by atoms with E-state index in [1.54, 1.807) is 24.1 Å². The number of anilines is 1. The summed E-state index contributed by atoms with van der Waals surface area (Å²) in [5.41, 5.74) is 1.12. The lowest BCUT2D eigenvalue weighted by Crippen LogP contribution is -2.37. The van der Waals surface area contributed by atoms with Gasteiger partial charge in [0.2, 0.25) is 10.0 Å². The molecule has 8 nitrogen and oxygen atoms in total. The van der Waals surface area contributed by atoms with Crippen LogP contribution in [0.2, 0.25) is 0 Å². The van der Waals surface area contributed by atoms with Gasteiger partial charge in [0, 0.05) is 25.3 Å². The third-order valence-electron chi connectivity index (χ3n) is 6.28. The molecule has 2 aromatic carbocycles. The highest BCUT2D eigenvalue weighted by atomic mass is 32.2. The van der Waals surface area contributed by atoms with Crippen LogP contribution < -0.4 is 9.64 Å². The minimum Gasteiger partial charge on any atom is -0.494 e. The van der Waals surface area contributed by atoms with Gasteiger partial charge in [0.05, 0.1) is 29.4 Å². The standard InChI is InChI=1S/C24H27N3O5S2/c1-31-20-7-4-8-21-22(20)25-24(33-21)27(16-18-6-5-15-32-18)23(28)17-9-11-19(12-10-17)34(29,30)26-13-2-3-14-26/h4,7-12,18H,2-3,5-6,13-16H2,1H3. The average molecular weight is 502 g/mol. The monoisotopic (exact) mass is 501 g/mol. The molecule has 0 bridgehead atoms. The second kappa shape index (κ2) is 9.61. The van der Waals surface area contributed by atoms with E-state index in [1.807, 2.05) is 18.2 Å². The van der Waals surface area contributed by atoms with Crippen molar-refractivity contribution >= 4 is 42.6 Å². The number of ether oxygens (including phenoxy) is 2. The smallest absolute Gasteiger partial charge is 0.260 e. The molecular weight excluding hydrogens is 474 g/mol. The summed E-state index contributed by atoms with van der Waals surface area (Å²) in [5.74, 6) is 0.416. The van der Waals surface area contributed by atoms with Crippen LogP contribution >= 0.6 is 11.3 Å². The largest absolute Gasteiger partial charge is 0.494 e. The first-order chi connectivity index (χ1) is 16.5. The molecule has 2 saturated heterocycles. The van der Waals surface area contributed by atoms with Gasteiger partial charge in [0.25, 0.3) is 5.91 Å². The highest BCUT2D eigenvalue weighted by molar-refractivity contribution is 7.89. The van der Waals surface area contributed by atoms with Gasteiger partial charge < -0.3 is 9.47 Å². The van der Waals surface area contributed by atoms with Crippen LogP contribution in [-0.4, -0.2) is 63.1 Å². The second-order valence-electron chi connectivity index (χ2n) is 8.49. The number of carbonyl (C=O) groups is 1. The molecule has 0 saturated carbocycles. The summed E-state index contributed by atoms with van der Waals surface area (Å²) >= 11 is 1.42. The number of methoxy groups -OCH3 is 1. The molecule has 3 heterocycles. The Morgan fingerprint density at radius 2 is 1.94 bits per heavy atom. The van der Waals surface area contributed by atoms with Crippen LogP contribution in [0.4, 0.5) is 5.13 Å². The Bertz CT molecular complexity index is 1280. The third kappa shape index (κ3) is 4.43. The average Bonchev–Trinajstić information content (AvgIpc) is 3.63. The molecule has 1 atom stereocenters. The van der Waals surface area contributed by atoms with Crippen molar-refractivity contribution in [1.82, 2.24) is 9.29 Å². The van der Waals surface area contributed by atoms with Crippen LogP contribution in [-0.2, 0) is 14.8 Å². The maximum Gasteiger partial charge on any atom is 0.260 e. The molecule has 0 radical (unpaired) electrons. The van der Waals surface area contributed by atoms with Crippen molar-refractivity contribution in [3.63, 3.8) is 0 Å². The molecular formula is C24H27N3O5S2. The maximum absolute atomic E-state index is 13.6. The summed E-state index contributed by atoms with van der Waals surface area (Å²) in [6.07, 6.45) is 3.53. The fourth-order valence-corrected chi connectivity index (χ4v) is 6.94. The Labute approximate surface area is 203 Å². The molecule has 180 valence electrons. The van der Waals surface area contributed by atoms with Gasteiger partial charge in [-0.2, -0.15) is 4.31 Å². The molecule has 0 N–H and O–H groups in total. The lowest BCUT2D eigenvalue weighted by molar-refractivity contribution is 0.0917. The fourth-order valence-electron chi connectivity index (χ4n) is 4.43. The number of benzene rings is 2. The first kappa shape index (κ1) is 23.2. The lowest BCUT2D eigenvalue weighted by atomic mass is 10.2. The summed E-state index contributed by atoms with van der Waals surface area (Å²) in [6.45, 7) is 2.15. The van der Waals surface area contributed by atoms with E-state index in [9.17, 15) is 13.2 Å². The normalized spacial score (nSPS) is 19.0. The molecule has 2 fully saturated rings. The van der Waals surface area contributed by atoms with Crippen molar-refractivity contribution in [3.8, 4) is 5.75 Å². The summed E-state index contributed by atoms with van der Waals surface area (Å²) in [5, 5.41) is 0.564. The van der Waals surface area contributed by atoms with E-state index in [-0.39, 0.29) is 16.9 Å².